The van der Waals surface area contributed by atoms with E-state index in [0.717, 1.165) is 5.56 Å². The van der Waals surface area contributed by atoms with Crippen LogP contribution in [-0.2, 0) is 16.1 Å². The van der Waals surface area contributed by atoms with Crippen LogP contribution in [0.3, 0.4) is 0 Å². The Balaban J connectivity index is 1.80. The molecule has 0 aromatic heterocycles. The molecule has 0 unspecified atom stereocenters. The number of hydrogen-bond acceptors (Lipinski definition) is 6. The summed E-state index contributed by atoms with van der Waals surface area (Å²) in [6.45, 7) is 4.35. The molecule has 3 rings (SSSR count). The van der Waals surface area contributed by atoms with E-state index in [2.05, 4.69) is 21.2 Å². The zero-order valence-corrected chi connectivity index (χ0v) is 23.6. The Hall–Kier alpha value is -3.51. The van der Waals surface area contributed by atoms with E-state index in [9.17, 15) is 14.9 Å². The summed E-state index contributed by atoms with van der Waals surface area (Å²) in [6.07, 6.45) is 1.44. The van der Waals surface area contributed by atoms with Gasteiger partial charge in [0.05, 0.1) is 23.2 Å². The topological polar surface area (TPSA) is 97.7 Å². The average Bonchev–Trinajstić information content (AvgIpc) is 2.88. The van der Waals surface area contributed by atoms with E-state index < -0.39 is 11.9 Å². The summed E-state index contributed by atoms with van der Waals surface area (Å²) in [5, 5.41) is 13.3. The average molecular weight is 618 g/mol. The van der Waals surface area contributed by atoms with E-state index >= 15 is 0 Å². The molecular weight excluding hydrogens is 595 g/mol. The molecule has 10 heteroatoms. The van der Waals surface area contributed by atoms with Crippen LogP contribution in [-0.4, -0.2) is 25.1 Å². The molecule has 0 aliphatic heterocycles. The second-order valence-corrected chi connectivity index (χ2v) is 9.41. The molecule has 0 heterocycles. The first-order chi connectivity index (χ1) is 18.2. The number of nitriles is 1. The molecule has 1 amide bonds. The summed E-state index contributed by atoms with van der Waals surface area (Å²) >= 11 is 15.7. The van der Waals surface area contributed by atoms with Crippen molar-refractivity contribution in [1.82, 2.24) is 0 Å². The van der Waals surface area contributed by atoms with Crippen molar-refractivity contribution in [1.29, 1.82) is 5.26 Å². The van der Waals surface area contributed by atoms with E-state index in [4.69, 9.17) is 37.4 Å². The second kappa shape index (κ2) is 13.9. The van der Waals surface area contributed by atoms with Crippen LogP contribution >= 0.6 is 39.1 Å². The van der Waals surface area contributed by atoms with E-state index in [0.29, 0.717) is 49.4 Å². The molecule has 0 aliphatic rings. The number of anilines is 1. The molecule has 0 saturated carbocycles. The smallest absolute Gasteiger partial charge is 0.338 e. The van der Waals surface area contributed by atoms with Crippen molar-refractivity contribution in [2.45, 2.75) is 20.5 Å². The van der Waals surface area contributed by atoms with Crippen molar-refractivity contribution in [2.24, 2.45) is 0 Å². The van der Waals surface area contributed by atoms with Gasteiger partial charge in [-0.05, 0) is 89.9 Å². The van der Waals surface area contributed by atoms with Gasteiger partial charge in [-0.2, -0.15) is 5.26 Å². The number of benzene rings is 3. The summed E-state index contributed by atoms with van der Waals surface area (Å²) < 4.78 is 17.3. The van der Waals surface area contributed by atoms with Gasteiger partial charge >= 0.3 is 5.97 Å². The van der Waals surface area contributed by atoms with Gasteiger partial charge in [0, 0.05) is 21.3 Å². The van der Waals surface area contributed by atoms with E-state index in [1.165, 1.54) is 18.2 Å². The summed E-state index contributed by atoms with van der Waals surface area (Å²) in [5.74, 6) is -0.198. The van der Waals surface area contributed by atoms with Crippen LogP contribution < -0.4 is 14.8 Å². The highest BCUT2D eigenvalue weighted by atomic mass is 79.9. The molecular formula is C28H23BrCl2N2O5. The number of carbonyl (C=O) groups excluding carboxylic acids is 2. The summed E-state index contributed by atoms with van der Waals surface area (Å²) in [6, 6.07) is 16.6. The molecule has 0 atom stereocenters. The predicted octanol–water partition coefficient (Wildman–Crippen LogP) is 7.46. The predicted molar refractivity (Wildman–Crippen MR) is 151 cm³/mol. The number of nitrogens with zero attached hydrogens (tertiary/aromatic N) is 1. The Morgan fingerprint density at radius 3 is 2.39 bits per heavy atom. The van der Waals surface area contributed by atoms with Crippen molar-refractivity contribution >= 4 is 62.8 Å². The quantitative estimate of drug-likeness (QED) is 0.144. The van der Waals surface area contributed by atoms with Crippen LogP contribution in [0.1, 0.15) is 35.3 Å². The number of halogens is 3. The van der Waals surface area contributed by atoms with E-state index in [1.807, 2.05) is 13.0 Å². The van der Waals surface area contributed by atoms with Crippen molar-refractivity contribution in [3.63, 3.8) is 0 Å². The van der Waals surface area contributed by atoms with Gasteiger partial charge < -0.3 is 19.5 Å². The van der Waals surface area contributed by atoms with E-state index in [1.54, 1.807) is 49.4 Å². The Morgan fingerprint density at radius 1 is 1.03 bits per heavy atom. The fourth-order valence-electron chi connectivity index (χ4n) is 3.28. The minimum absolute atomic E-state index is 0.129. The Bertz CT molecular complexity index is 1400. The van der Waals surface area contributed by atoms with Crippen LogP contribution in [0.25, 0.3) is 6.08 Å². The van der Waals surface area contributed by atoms with Crippen molar-refractivity contribution in [3.8, 4) is 17.6 Å². The van der Waals surface area contributed by atoms with Crippen LogP contribution in [0, 0.1) is 11.3 Å². The van der Waals surface area contributed by atoms with Crippen LogP contribution in [0.5, 0.6) is 11.5 Å². The number of esters is 1. The third-order valence-corrected chi connectivity index (χ3v) is 6.22. The number of rotatable bonds is 10. The van der Waals surface area contributed by atoms with Gasteiger partial charge in [-0.25, -0.2) is 4.79 Å². The Morgan fingerprint density at radius 2 is 1.76 bits per heavy atom. The largest absolute Gasteiger partial charge is 0.490 e. The third kappa shape index (κ3) is 7.75. The monoisotopic (exact) mass is 616 g/mol. The molecule has 0 fully saturated rings. The van der Waals surface area contributed by atoms with E-state index in [-0.39, 0.29) is 18.8 Å². The van der Waals surface area contributed by atoms with Gasteiger partial charge in [-0.15, -0.1) is 0 Å². The molecule has 1 N–H and O–H groups in total. The summed E-state index contributed by atoms with van der Waals surface area (Å²) in [7, 11) is 0. The van der Waals surface area contributed by atoms with Crippen LogP contribution in [0.4, 0.5) is 5.69 Å². The Labute approximate surface area is 239 Å². The minimum Gasteiger partial charge on any atom is -0.490 e. The number of amides is 1. The van der Waals surface area contributed by atoms with Crippen molar-refractivity contribution < 1.29 is 23.8 Å². The fraction of sp³-hybridized carbons (Fsp3) is 0.179. The molecule has 7 nitrogen and oxygen atoms in total. The minimum atomic E-state index is -0.608. The number of ether oxygens (including phenoxy) is 3. The summed E-state index contributed by atoms with van der Waals surface area (Å²) in [5.41, 5.74) is 1.94. The highest BCUT2D eigenvalue weighted by Crippen LogP contribution is 2.38. The highest BCUT2D eigenvalue weighted by molar-refractivity contribution is 9.10. The normalized spacial score (nSPS) is 10.9. The maximum absolute atomic E-state index is 12.8. The molecule has 0 bridgehead atoms. The molecule has 38 heavy (non-hydrogen) atoms. The Kier molecular flexibility index (Phi) is 10.6. The van der Waals surface area contributed by atoms with Gasteiger partial charge in [0.2, 0.25) is 0 Å². The number of carbonyl (C=O) groups is 2. The molecule has 0 spiro atoms. The van der Waals surface area contributed by atoms with Gasteiger partial charge in [-0.3, -0.25) is 4.79 Å². The lowest BCUT2D eigenvalue weighted by Gasteiger charge is -2.15. The number of nitrogens with one attached hydrogen (secondary N) is 1. The summed E-state index contributed by atoms with van der Waals surface area (Å²) in [4.78, 5) is 24.6. The van der Waals surface area contributed by atoms with Crippen LogP contribution in [0.2, 0.25) is 10.0 Å². The third-order valence-electron chi connectivity index (χ3n) is 5.05. The number of hydrogen-bond donors (Lipinski definition) is 1. The zero-order valence-electron chi connectivity index (χ0n) is 20.5. The van der Waals surface area contributed by atoms with Crippen molar-refractivity contribution in [3.05, 3.63) is 91.4 Å². The standard InChI is InChI=1S/C28H23BrCl2N2O5/c1-3-36-25-13-17(12-23(29)26(25)38-16-19-5-8-21(30)14-24(19)31)11-20(15-32)27(34)33-22-9-6-18(7-10-22)28(35)37-4-2/h5-14H,3-4,16H2,1-2H3,(H,33,34)/b20-11+. The molecule has 196 valence electrons. The lowest BCUT2D eigenvalue weighted by Crippen LogP contribution is -2.13. The van der Waals surface area contributed by atoms with Gasteiger partial charge in [0.15, 0.2) is 11.5 Å². The van der Waals surface area contributed by atoms with Gasteiger partial charge in [0.1, 0.15) is 18.2 Å². The first-order valence-electron chi connectivity index (χ1n) is 11.5. The molecule has 0 saturated heterocycles. The lowest BCUT2D eigenvalue weighted by molar-refractivity contribution is -0.112. The van der Waals surface area contributed by atoms with Gasteiger partial charge in [0.25, 0.3) is 5.91 Å². The first-order valence-corrected chi connectivity index (χ1v) is 13.0. The molecule has 0 radical (unpaired) electrons. The molecule has 3 aromatic rings. The first kappa shape index (κ1) is 29.1. The second-order valence-electron chi connectivity index (χ2n) is 7.71. The SMILES string of the molecule is CCOC(=O)c1ccc(NC(=O)/C(C#N)=C/c2cc(Br)c(OCc3ccc(Cl)cc3Cl)c(OCC)c2)cc1. The molecule has 0 aliphatic carbocycles. The maximum atomic E-state index is 12.8. The lowest BCUT2D eigenvalue weighted by atomic mass is 10.1. The zero-order chi connectivity index (χ0) is 27.7. The van der Waals surface area contributed by atoms with Gasteiger partial charge in [-0.1, -0.05) is 29.3 Å². The van der Waals surface area contributed by atoms with Crippen molar-refractivity contribution in [2.75, 3.05) is 18.5 Å². The fourth-order valence-corrected chi connectivity index (χ4v) is 4.32. The highest BCUT2D eigenvalue weighted by Gasteiger charge is 2.16. The van der Waals surface area contributed by atoms with Crippen LogP contribution in [0.15, 0.2) is 64.6 Å². The maximum Gasteiger partial charge on any atom is 0.338 e. The molecule has 3 aromatic carbocycles.